The zero-order chi connectivity index (χ0) is 13.6. The van der Waals surface area contributed by atoms with Crippen LogP contribution in [0.2, 0.25) is 0 Å². The van der Waals surface area contributed by atoms with Gasteiger partial charge in [-0.25, -0.2) is 9.78 Å². The Morgan fingerprint density at radius 2 is 2.21 bits per heavy atom. The number of fused-ring (bicyclic) bond motifs is 1. The lowest BCUT2D eigenvalue weighted by molar-refractivity contribution is -0.149. The van der Waals surface area contributed by atoms with Crippen molar-refractivity contribution in [1.82, 2.24) is 9.97 Å². The predicted octanol–water partition coefficient (Wildman–Crippen LogP) is 2.48. The summed E-state index contributed by atoms with van der Waals surface area (Å²) >= 11 is 0. The molecule has 100 valence electrons. The van der Waals surface area contributed by atoms with E-state index in [9.17, 15) is 4.79 Å². The minimum atomic E-state index is -0.898. The number of aliphatic carboxylic acids is 1. The number of hydrogen-bond acceptors (Lipinski definition) is 3. The first-order valence-corrected chi connectivity index (χ1v) is 6.39. The third-order valence-electron chi connectivity index (χ3n) is 3.54. The van der Waals surface area contributed by atoms with Crippen molar-refractivity contribution in [3.63, 3.8) is 0 Å². The second-order valence-corrected chi connectivity index (χ2v) is 5.13. The van der Waals surface area contributed by atoms with E-state index in [1.807, 2.05) is 19.9 Å². The van der Waals surface area contributed by atoms with Gasteiger partial charge >= 0.3 is 5.97 Å². The number of ether oxygens (including phenoxy) is 1. The summed E-state index contributed by atoms with van der Waals surface area (Å²) in [6.45, 7) is 4.06. The topological polar surface area (TPSA) is 75.2 Å². The molecule has 0 bridgehead atoms. The highest BCUT2D eigenvalue weighted by Crippen LogP contribution is 2.32. The number of nitrogens with zero attached hydrogens (tertiary/aromatic N) is 1. The van der Waals surface area contributed by atoms with E-state index in [1.54, 1.807) is 0 Å². The standard InChI is InChI=1S/C14H16N2O3/c1-7-5-8(2)12-9(6-7)15-13(16-12)10-3-4-11(19-10)14(17)18/h5-6,10-11H,3-4H2,1-2H3,(H,15,16)(H,17,18). The van der Waals surface area contributed by atoms with Crippen LogP contribution in [0.3, 0.4) is 0 Å². The fourth-order valence-electron chi connectivity index (χ4n) is 2.66. The fourth-order valence-corrected chi connectivity index (χ4v) is 2.66. The fraction of sp³-hybridized carbons (Fsp3) is 0.429. The lowest BCUT2D eigenvalue weighted by Crippen LogP contribution is -2.18. The van der Waals surface area contributed by atoms with Crippen molar-refractivity contribution in [1.29, 1.82) is 0 Å². The molecule has 2 heterocycles. The Bertz CT molecular complexity index is 647. The van der Waals surface area contributed by atoms with Crippen LogP contribution in [0.1, 0.15) is 35.9 Å². The Morgan fingerprint density at radius 1 is 1.42 bits per heavy atom. The van der Waals surface area contributed by atoms with Crippen LogP contribution in [0, 0.1) is 13.8 Å². The largest absolute Gasteiger partial charge is 0.479 e. The van der Waals surface area contributed by atoms with Gasteiger partial charge in [0.2, 0.25) is 0 Å². The highest BCUT2D eigenvalue weighted by molar-refractivity contribution is 5.79. The summed E-state index contributed by atoms with van der Waals surface area (Å²) in [5.74, 6) is -0.168. The van der Waals surface area contributed by atoms with E-state index < -0.39 is 12.1 Å². The third kappa shape index (κ3) is 2.10. The van der Waals surface area contributed by atoms with Gasteiger partial charge in [0.25, 0.3) is 0 Å². The number of H-pyrrole nitrogens is 1. The molecule has 1 aliphatic heterocycles. The Hall–Kier alpha value is -1.88. The van der Waals surface area contributed by atoms with E-state index in [0.717, 1.165) is 22.4 Å². The summed E-state index contributed by atoms with van der Waals surface area (Å²) in [6.07, 6.45) is 0.276. The Kier molecular flexibility index (Phi) is 2.78. The van der Waals surface area contributed by atoms with Crippen molar-refractivity contribution in [2.45, 2.75) is 38.9 Å². The number of hydrogen-bond donors (Lipinski definition) is 2. The first-order chi connectivity index (χ1) is 9.04. The van der Waals surface area contributed by atoms with Gasteiger partial charge in [-0.3, -0.25) is 0 Å². The van der Waals surface area contributed by atoms with Crippen LogP contribution in [0.25, 0.3) is 11.0 Å². The molecule has 3 rings (SSSR count). The SMILES string of the molecule is Cc1cc(C)c2nc(C3CCC(C(=O)O)O3)[nH]c2c1. The van der Waals surface area contributed by atoms with Crippen LogP contribution in [-0.2, 0) is 9.53 Å². The highest BCUT2D eigenvalue weighted by Gasteiger charge is 2.33. The van der Waals surface area contributed by atoms with Crippen molar-refractivity contribution in [3.8, 4) is 0 Å². The molecule has 5 nitrogen and oxygen atoms in total. The van der Waals surface area contributed by atoms with Crippen LogP contribution in [0.5, 0.6) is 0 Å². The molecule has 0 spiro atoms. The smallest absolute Gasteiger partial charge is 0.332 e. The van der Waals surface area contributed by atoms with Gasteiger partial charge in [0.05, 0.1) is 11.0 Å². The maximum absolute atomic E-state index is 10.9. The number of nitrogens with one attached hydrogen (secondary N) is 1. The van der Waals surface area contributed by atoms with Gasteiger partial charge < -0.3 is 14.8 Å². The van der Waals surface area contributed by atoms with E-state index in [2.05, 4.69) is 16.0 Å². The maximum atomic E-state index is 10.9. The van der Waals surface area contributed by atoms with Crippen molar-refractivity contribution >= 4 is 17.0 Å². The molecule has 0 aliphatic carbocycles. The van der Waals surface area contributed by atoms with Gasteiger partial charge in [-0.1, -0.05) is 6.07 Å². The lowest BCUT2D eigenvalue weighted by Gasteiger charge is -2.07. The molecule has 19 heavy (non-hydrogen) atoms. The molecule has 0 saturated carbocycles. The Morgan fingerprint density at radius 3 is 2.89 bits per heavy atom. The van der Waals surface area contributed by atoms with E-state index in [1.165, 1.54) is 5.56 Å². The van der Waals surface area contributed by atoms with Gasteiger partial charge in [0.15, 0.2) is 6.10 Å². The zero-order valence-corrected chi connectivity index (χ0v) is 10.9. The molecular weight excluding hydrogens is 244 g/mol. The monoisotopic (exact) mass is 260 g/mol. The van der Waals surface area contributed by atoms with E-state index in [-0.39, 0.29) is 6.10 Å². The first kappa shape index (κ1) is 12.2. The summed E-state index contributed by atoms with van der Waals surface area (Å²) in [5.41, 5.74) is 4.21. The summed E-state index contributed by atoms with van der Waals surface area (Å²) in [7, 11) is 0. The number of aromatic nitrogens is 2. The molecule has 0 radical (unpaired) electrons. The van der Waals surface area contributed by atoms with Crippen LogP contribution < -0.4 is 0 Å². The van der Waals surface area contributed by atoms with Gasteiger partial charge in [-0.05, 0) is 43.9 Å². The summed E-state index contributed by atoms with van der Waals surface area (Å²) in [5, 5.41) is 8.94. The number of aromatic amines is 1. The van der Waals surface area contributed by atoms with Gasteiger partial charge in [0.1, 0.15) is 11.9 Å². The number of rotatable bonds is 2. The lowest BCUT2D eigenvalue weighted by atomic mass is 10.1. The number of aryl methyl sites for hydroxylation is 2. The van der Waals surface area contributed by atoms with Crippen LogP contribution in [-0.4, -0.2) is 27.1 Å². The average Bonchev–Trinajstić information content (AvgIpc) is 2.92. The van der Waals surface area contributed by atoms with E-state index in [0.29, 0.717) is 12.8 Å². The molecule has 0 amide bonds. The number of carboxylic acids is 1. The third-order valence-corrected chi connectivity index (χ3v) is 3.54. The molecule has 5 heteroatoms. The van der Waals surface area contributed by atoms with Gasteiger partial charge in [0, 0.05) is 0 Å². The molecule has 1 aromatic heterocycles. The Labute approximate surface area is 110 Å². The highest BCUT2D eigenvalue weighted by atomic mass is 16.5. The molecule has 1 aliphatic rings. The normalized spacial score (nSPS) is 23.1. The molecule has 1 aromatic carbocycles. The Balaban J connectivity index is 1.94. The molecule has 1 saturated heterocycles. The van der Waals surface area contributed by atoms with Gasteiger partial charge in [-0.2, -0.15) is 0 Å². The maximum Gasteiger partial charge on any atom is 0.332 e. The first-order valence-electron chi connectivity index (χ1n) is 6.39. The molecule has 2 aromatic rings. The number of carbonyl (C=O) groups is 1. The van der Waals surface area contributed by atoms with Crippen molar-refractivity contribution < 1.29 is 14.6 Å². The predicted molar refractivity (Wildman–Crippen MR) is 70.1 cm³/mol. The van der Waals surface area contributed by atoms with Crippen LogP contribution in [0.4, 0.5) is 0 Å². The quantitative estimate of drug-likeness (QED) is 0.869. The van der Waals surface area contributed by atoms with Crippen molar-refractivity contribution in [2.75, 3.05) is 0 Å². The molecular formula is C14H16N2O3. The molecule has 2 atom stereocenters. The summed E-state index contributed by atoms with van der Waals surface area (Å²) in [6, 6.07) is 4.13. The molecule has 2 unspecified atom stereocenters. The second-order valence-electron chi connectivity index (χ2n) is 5.13. The minimum absolute atomic E-state index is 0.242. The zero-order valence-electron chi connectivity index (χ0n) is 10.9. The molecule has 2 N–H and O–H groups in total. The minimum Gasteiger partial charge on any atom is -0.479 e. The van der Waals surface area contributed by atoms with Crippen molar-refractivity contribution in [3.05, 3.63) is 29.1 Å². The van der Waals surface area contributed by atoms with Crippen LogP contribution >= 0.6 is 0 Å². The number of benzene rings is 1. The van der Waals surface area contributed by atoms with Crippen molar-refractivity contribution in [2.24, 2.45) is 0 Å². The van der Waals surface area contributed by atoms with Gasteiger partial charge in [-0.15, -0.1) is 0 Å². The van der Waals surface area contributed by atoms with E-state index in [4.69, 9.17) is 9.84 Å². The van der Waals surface area contributed by atoms with E-state index >= 15 is 0 Å². The molecule has 1 fully saturated rings. The second kappa shape index (κ2) is 4.35. The average molecular weight is 260 g/mol. The number of imidazole rings is 1. The van der Waals surface area contributed by atoms with Crippen LogP contribution in [0.15, 0.2) is 12.1 Å². The summed E-state index contributed by atoms with van der Waals surface area (Å²) < 4.78 is 5.52. The number of carboxylic acid groups (broad SMARTS) is 1. The summed E-state index contributed by atoms with van der Waals surface area (Å²) in [4.78, 5) is 18.7.